The van der Waals surface area contributed by atoms with E-state index in [1.807, 2.05) is 31.2 Å². The van der Waals surface area contributed by atoms with Gasteiger partial charge in [0.25, 0.3) is 0 Å². The largest absolute Gasteiger partial charge is 0.295 e. The lowest BCUT2D eigenvalue weighted by atomic mass is 9.96. The summed E-state index contributed by atoms with van der Waals surface area (Å²) >= 11 is 0. The molecule has 1 aliphatic heterocycles. The summed E-state index contributed by atoms with van der Waals surface area (Å²) in [6, 6.07) is -0.00689. The molecule has 1 aliphatic rings. The molecule has 0 aromatic heterocycles. The van der Waals surface area contributed by atoms with Crippen LogP contribution in [0, 0.1) is 5.92 Å². The Kier molecular flexibility index (Phi) is 4.31. The van der Waals surface area contributed by atoms with Gasteiger partial charge < -0.3 is 0 Å². The Bertz CT molecular complexity index is 366. The molecule has 3 nitrogen and oxygen atoms in total. The van der Waals surface area contributed by atoms with Crippen LogP contribution >= 0.6 is 0 Å². The molecular formula is C13H23NO2S. The molecule has 0 spiro atoms. The van der Waals surface area contributed by atoms with Crippen LogP contribution in [0.2, 0.25) is 0 Å². The van der Waals surface area contributed by atoms with E-state index >= 15 is 0 Å². The molecule has 1 rings (SSSR count). The topological polar surface area (TPSA) is 37.4 Å². The summed E-state index contributed by atoms with van der Waals surface area (Å²) < 4.78 is 14.1. The highest BCUT2D eigenvalue weighted by Gasteiger charge is 2.38. The lowest BCUT2D eigenvalue weighted by molar-refractivity contribution is -0.114. The number of nitrogens with zero attached hydrogens (tertiary/aromatic N) is 1. The van der Waals surface area contributed by atoms with Crippen molar-refractivity contribution in [2.45, 2.75) is 52.3 Å². The van der Waals surface area contributed by atoms with Gasteiger partial charge in [-0.1, -0.05) is 19.9 Å². The Labute approximate surface area is 107 Å². The molecular weight excluding hydrogens is 234 g/mol. The average molecular weight is 257 g/mol. The minimum absolute atomic E-state index is 0.00689. The van der Waals surface area contributed by atoms with Gasteiger partial charge in [-0.25, -0.2) is 8.51 Å². The molecule has 0 radical (unpaired) electrons. The number of rotatable bonds is 3. The highest BCUT2D eigenvalue weighted by molar-refractivity contribution is 7.84. The van der Waals surface area contributed by atoms with Gasteiger partial charge in [0, 0.05) is 12.1 Å². The van der Waals surface area contributed by atoms with Crippen LogP contribution in [0.3, 0.4) is 0 Å². The van der Waals surface area contributed by atoms with E-state index in [-0.39, 0.29) is 16.6 Å². The third-order valence-electron chi connectivity index (χ3n) is 2.89. The molecule has 2 atom stereocenters. The number of carbonyl (C=O) groups excluding carboxylic acids is 1. The van der Waals surface area contributed by atoms with E-state index < -0.39 is 11.0 Å². The molecule has 98 valence electrons. The maximum Gasteiger partial charge on any atom is 0.157 e. The van der Waals surface area contributed by atoms with E-state index in [4.69, 9.17) is 0 Å². The van der Waals surface area contributed by atoms with Crippen LogP contribution in [0.25, 0.3) is 0 Å². The first-order chi connectivity index (χ1) is 7.66. The molecule has 0 aromatic carbocycles. The van der Waals surface area contributed by atoms with Gasteiger partial charge in [-0.05, 0) is 33.6 Å². The molecule has 0 unspecified atom stereocenters. The first kappa shape index (κ1) is 14.6. The summed E-state index contributed by atoms with van der Waals surface area (Å²) in [6.07, 6.45) is 1.93. The molecule has 17 heavy (non-hydrogen) atoms. The van der Waals surface area contributed by atoms with Crippen molar-refractivity contribution >= 4 is 16.8 Å². The van der Waals surface area contributed by atoms with Gasteiger partial charge in [-0.2, -0.15) is 0 Å². The zero-order valence-electron chi connectivity index (χ0n) is 11.6. The molecule has 0 saturated heterocycles. The second kappa shape index (κ2) is 5.02. The summed E-state index contributed by atoms with van der Waals surface area (Å²) in [7, 11) is -1.07. The van der Waals surface area contributed by atoms with Crippen molar-refractivity contribution in [2.75, 3.05) is 6.54 Å². The number of ketones is 1. The molecule has 0 amide bonds. The monoisotopic (exact) mass is 257 g/mol. The van der Waals surface area contributed by atoms with E-state index in [0.717, 1.165) is 5.57 Å². The zero-order chi connectivity index (χ0) is 13.4. The van der Waals surface area contributed by atoms with E-state index in [9.17, 15) is 9.00 Å². The summed E-state index contributed by atoms with van der Waals surface area (Å²) in [5, 5.41) is 0. The van der Waals surface area contributed by atoms with Crippen molar-refractivity contribution in [3.8, 4) is 0 Å². The van der Waals surface area contributed by atoms with Gasteiger partial charge >= 0.3 is 0 Å². The zero-order valence-corrected chi connectivity index (χ0v) is 12.4. The van der Waals surface area contributed by atoms with Crippen LogP contribution in [-0.2, 0) is 15.8 Å². The number of Topliss-reactive ketones (excluding diaryl/α,β-unsaturated/α-hetero) is 1. The molecule has 1 heterocycles. The highest BCUT2D eigenvalue weighted by Crippen LogP contribution is 2.30. The summed E-state index contributed by atoms with van der Waals surface area (Å²) in [5.74, 6) is 0.385. The lowest BCUT2D eigenvalue weighted by Crippen LogP contribution is -2.44. The fourth-order valence-electron chi connectivity index (χ4n) is 2.14. The molecule has 0 bridgehead atoms. The van der Waals surface area contributed by atoms with Crippen LogP contribution in [0.15, 0.2) is 11.6 Å². The van der Waals surface area contributed by atoms with E-state index in [1.165, 1.54) is 0 Å². The number of hydrogen-bond donors (Lipinski definition) is 0. The van der Waals surface area contributed by atoms with E-state index in [1.54, 1.807) is 6.92 Å². The Balaban J connectivity index is 2.99. The van der Waals surface area contributed by atoms with Crippen LogP contribution in [-0.4, -0.2) is 31.6 Å². The standard InChI is InChI=1S/C13H23NO2S/c1-9(2)12-11(10(3)15)7-8-14(12)17(16)13(4,5)6/h7,9,12H,8H2,1-6H3/t12-,17-/m1/s1. The summed E-state index contributed by atoms with van der Waals surface area (Å²) in [6.45, 7) is 12.2. The van der Waals surface area contributed by atoms with Crippen LogP contribution in [0.1, 0.15) is 41.5 Å². The maximum absolute atomic E-state index is 12.4. The first-order valence-electron chi connectivity index (χ1n) is 6.06. The number of hydrogen-bond acceptors (Lipinski definition) is 2. The quantitative estimate of drug-likeness (QED) is 0.778. The van der Waals surface area contributed by atoms with E-state index in [2.05, 4.69) is 13.8 Å². The van der Waals surface area contributed by atoms with Crippen molar-refractivity contribution in [2.24, 2.45) is 5.92 Å². The summed E-state index contributed by atoms with van der Waals surface area (Å²) in [4.78, 5) is 11.6. The van der Waals surface area contributed by atoms with Gasteiger partial charge in [0.1, 0.15) is 11.0 Å². The Morgan fingerprint density at radius 1 is 1.47 bits per heavy atom. The molecule has 0 aromatic rings. The van der Waals surface area contributed by atoms with Gasteiger partial charge in [-0.15, -0.1) is 0 Å². The second-order valence-electron chi connectivity index (χ2n) is 5.87. The Morgan fingerprint density at radius 2 is 2.00 bits per heavy atom. The van der Waals surface area contributed by atoms with Crippen LogP contribution in [0.4, 0.5) is 0 Å². The molecule has 0 aliphatic carbocycles. The predicted octanol–water partition coefficient (Wildman–Crippen LogP) is 2.30. The first-order valence-corrected chi connectivity index (χ1v) is 7.16. The van der Waals surface area contributed by atoms with Crippen molar-refractivity contribution in [1.82, 2.24) is 4.31 Å². The maximum atomic E-state index is 12.4. The minimum atomic E-state index is -1.07. The lowest BCUT2D eigenvalue weighted by Gasteiger charge is -2.33. The van der Waals surface area contributed by atoms with Crippen molar-refractivity contribution in [3.05, 3.63) is 11.6 Å². The SMILES string of the molecule is CC(=O)C1=CCN([S@](=O)C(C)(C)C)[C@@H]1C(C)C. The molecule has 0 N–H and O–H groups in total. The van der Waals surface area contributed by atoms with Crippen LogP contribution in [0.5, 0.6) is 0 Å². The average Bonchev–Trinajstić information content (AvgIpc) is 2.58. The minimum Gasteiger partial charge on any atom is -0.295 e. The molecule has 0 fully saturated rings. The fourth-order valence-corrected chi connectivity index (χ4v) is 3.62. The molecule has 0 saturated carbocycles. The Hall–Kier alpha value is -0.480. The fraction of sp³-hybridized carbons (Fsp3) is 0.769. The third-order valence-corrected chi connectivity index (χ3v) is 4.74. The normalized spacial score (nSPS) is 23.9. The predicted molar refractivity (Wildman–Crippen MR) is 72.0 cm³/mol. The van der Waals surface area contributed by atoms with Crippen molar-refractivity contribution < 1.29 is 9.00 Å². The van der Waals surface area contributed by atoms with Gasteiger partial charge in [-0.3, -0.25) is 4.79 Å². The van der Waals surface area contributed by atoms with Gasteiger partial charge in [0.2, 0.25) is 0 Å². The van der Waals surface area contributed by atoms with Crippen LogP contribution < -0.4 is 0 Å². The summed E-state index contributed by atoms with van der Waals surface area (Å²) in [5.41, 5.74) is 0.817. The van der Waals surface area contributed by atoms with Gasteiger partial charge in [0.05, 0.1) is 10.8 Å². The van der Waals surface area contributed by atoms with Gasteiger partial charge in [0.15, 0.2) is 5.78 Å². The third kappa shape index (κ3) is 3.05. The van der Waals surface area contributed by atoms with Crippen molar-refractivity contribution in [3.63, 3.8) is 0 Å². The van der Waals surface area contributed by atoms with E-state index in [0.29, 0.717) is 12.5 Å². The smallest absolute Gasteiger partial charge is 0.157 e. The highest BCUT2D eigenvalue weighted by atomic mass is 32.2. The number of carbonyl (C=O) groups is 1. The second-order valence-corrected chi connectivity index (χ2v) is 8.06. The van der Waals surface area contributed by atoms with Crippen molar-refractivity contribution in [1.29, 1.82) is 0 Å². The Morgan fingerprint density at radius 3 is 2.35 bits per heavy atom. The molecule has 4 heteroatoms.